The van der Waals surface area contributed by atoms with Crippen LogP contribution >= 0.6 is 11.8 Å². The minimum Gasteiger partial charge on any atom is -0.481 e. The Morgan fingerprint density at radius 2 is 2.31 bits per heavy atom. The summed E-state index contributed by atoms with van der Waals surface area (Å²) in [5.41, 5.74) is 0. The summed E-state index contributed by atoms with van der Waals surface area (Å²) in [6, 6.07) is 1.95. The summed E-state index contributed by atoms with van der Waals surface area (Å²) in [6.07, 6.45) is -0.567. The van der Waals surface area contributed by atoms with Crippen LogP contribution in [0.5, 0.6) is 0 Å². The number of carboxylic acid groups (broad SMARTS) is 1. The van der Waals surface area contributed by atoms with Gasteiger partial charge in [0.15, 0.2) is 6.10 Å². The second-order valence-corrected chi connectivity index (χ2v) is 4.20. The standard InChI is InChI=1S/C9H12N2O4S/c10-3-7-4-11(1-2-15-7)8(12)5-16-6-9(13)14/h7H,1-2,4-6H2,(H,13,14). The monoisotopic (exact) mass is 244 g/mol. The fourth-order valence-corrected chi connectivity index (χ4v) is 1.90. The van der Waals surface area contributed by atoms with Crippen LogP contribution in [0.1, 0.15) is 0 Å². The lowest BCUT2D eigenvalue weighted by molar-refractivity contribution is -0.134. The number of ether oxygens (including phenoxy) is 1. The van der Waals surface area contributed by atoms with Gasteiger partial charge in [0.2, 0.25) is 5.91 Å². The lowest BCUT2D eigenvalue weighted by atomic mass is 10.3. The number of hydrogen-bond donors (Lipinski definition) is 1. The molecule has 1 saturated heterocycles. The van der Waals surface area contributed by atoms with E-state index in [1.807, 2.05) is 6.07 Å². The third-order valence-corrected chi connectivity index (χ3v) is 2.92. The topological polar surface area (TPSA) is 90.6 Å². The number of nitrogens with zero attached hydrogens (tertiary/aromatic N) is 2. The number of carbonyl (C=O) groups excluding carboxylic acids is 1. The highest BCUT2D eigenvalue weighted by atomic mass is 32.2. The Hall–Kier alpha value is -1.26. The van der Waals surface area contributed by atoms with Gasteiger partial charge in [-0.05, 0) is 0 Å². The molecule has 0 aliphatic carbocycles. The molecule has 7 heteroatoms. The van der Waals surface area contributed by atoms with E-state index in [1.165, 1.54) is 4.90 Å². The normalized spacial score (nSPS) is 20.2. The van der Waals surface area contributed by atoms with Gasteiger partial charge in [-0.25, -0.2) is 0 Å². The van der Waals surface area contributed by atoms with Crippen LogP contribution in [-0.4, -0.2) is 59.2 Å². The average molecular weight is 244 g/mol. The van der Waals surface area contributed by atoms with Gasteiger partial charge in [-0.3, -0.25) is 9.59 Å². The van der Waals surface area contributed by atoms with E-state index in [0.29, 0.717) is 13.2 Å². The fraction of sp³-hybridized carbons (Fsp3) is 0.667. The van der Waals surface area contributed by atoms with Crippen molar-refractivity contribution in [3.8, 4) is 6.07 Å². The number of nitriles is 1. The zero-order valence-corrected chi connectivity index (χ0v) is 9.40. The molecular weight excluding hydrogens is 232 g/mol. The first-order valence-corrected chi connectivity index (χ1v) is 5.87. The molecule has 0 aromatic heterocycles. The third kappa shape index (κ3) is 4.08. The summed E-state index contributed by atoms with van der Waals surface area (Å²) in [5, 5.41) is 17.1. The van der Waals surface area contributed by atoms with Crippen molar-refractivity contribution in [1.29, 1.82) is 5.26 Å². The zero-order chi connectivity index (χ0) is 12.0. The maximum atomic E-state index is 11.6. The molecule has 88 valence electrons. The van der Waals surface area contributed by atoms with E-state index in [9.17, 15) is 9.59 Å². The Labute approximate surface area is 97.2 Å². The molecular formula is C9H12N2O4S. The van der Waals surface area contributed by atoms with Gasteiger partial charge in [0, 0.05) is 6.54 Å². The van der Waals surface area contributed by atoms with Gasteiger partial charge in [-0.1, -0.05) is 0 Å². The lowest BCUT2D eigenvalue weighted by Crippen LogP contribution is -2.45. The molecule has 16 heavy (non-hydrogen) atoms. The van der Waals surface area contributed by atoms with Crippen LogP contribution < -0.4 is 0 Å². The summed E-state index contributed by atoms with van der Waals surface area (Å²) >= 11 is 1.06. The quantitative estimate of drug-likeness (QED) is 0.720. The Morgan fingerprint density at radius 3 is 2.94 bits per heavy atom. The van der Waals surface area contributed by atoms with Crippen LogP contribution in [0.15, 0.2) is 0 Å². The Morgan fingerprint density at radius 1 is 1.56 bits per heavy atom. The van der Waals surface area contributed by atoms with E-state index < -0.39 is 12.1 Å². The zero-order valence-electron chi connectivity index (χ0n) is 8.59. The summed E-state index contributed by atoms with van der Waals surface area (Å²) in [7, 11) is 0. The number of carbonyl (C=O) groups is 2. The molecule has 6 nitrogen and oxygen atoms in total. The van der Waals surface area contributed by atoms with Crippen LogP contribution in [-0.2, 0) is 14.3 Å². The molecule has 0 spiro atoms. The molecule has 1 aliphatic rings. The number of hydrogen-bond acceptors (Lipinski definition) is 5. The molecule has 0 aromatic carbocycles. The Kier molecular flexibility index (Phi) is 5.08. The molecule has 1 N–H and O–H groups in total. The molecule has 1 atom stereocenters. The first kappa shape index (κ1) is 12.8. The van der Waals surface area contributed by atoms with Crippen molar-refractivity contribution in [2.24, 2.45) is 0 Å². The summed E-state index contributed by atoms with van der Waals surface area (Å²) in [5.74, 6) is -1.04. The molecule has 1 fully saturated rings. The molecule has 1 heterocycles. The van der Waals surface area contributed by atoms with Crippen molar-refractivity contribution in [2.75, 3.05) is 31.2 Å². The van der Waals surface area contributed by atoms with Crippen molar-refractivity contribution in [2.45, 2.75) is 6.10 Å². The molecule has 1 unspecified atom stereocenters. The maximum Gasteiger partial charge on any atom is 0.313 e. The lowest BCUT2D eigenvalue weighted by Gasteiger charge is -2.29. The Balaban J connectivity index is 2.30. The predicted molar refractivity (Wildman–Crippen MR) is 56.9 cm³/mol. The number of morpholine rings is 1. The number of amides is 1. The van der Waals surface area contributed by atoms with Crippen LogP contribution in [0.2, 0.25) is 0 Å². The van der Waals surface area contributed by atoms with Crippen molar-refractivity contribution < 1.29 is 19.4 Å². The summed E-state index contributed by atoms with van der Waals surface area (Å²) < 4.78 is 5.09. The first-order valence-electron chi connectivity index (χ1n) is 4.72. The second kappa shape index (κ2) is 6.35. The molecule has 0 aromatic rings. The minimum atomic E-state index is -0.935. The summed E-state index contributed by atoms with van der Waals surface area (Å²) in [6.45, 7) is 1.08. The van der Waals surface area contributed by atoms with E-state index in [0.717, 1.165) is 11.8 Å². The van der Waals surface area contributed by atoms with Crippen molar-refractivity contribution in [1.82, 2.24) is 4.90 Å². The van der Waals surface area contributed by atoms with Gasteiger partial charge >= 0.3 is 5.97 Å². The molecule has 0 radical (unpaired) electrons. The number of thioether (sulfide) groups is 1. The largest absolute Gasteiger partial charge is 0.481 e. The maximum absolute atomic E-state index is 11.6. The molecule has 0 bridgehead atoms. The number of rotatable bonds is 4. The van der Waals surface area contributed by atoms with Crippen molar-refractivity contribution in [3.05, 3.63) is 0 Å². The first-order chi connectivity index (χ1) is 7.63. The molecule has 1 amide bonds. The summed E-state index contributed by atoms with van der Waals surface area (Å²) in [4.78, 5) is 23.4. The SMILES string of the molecule is N#CC1CN(C(=O)CSCC(=O)O)CCO1. The van der Waals surface area contributed by atoms with Crippen LogP contribution in [0.25, 0.3) is 0 Å². The van der Waals surface area contributed by atoms with Crippen molar-refractivity contribution in [3.63, 3.8) is 0 Å². The van der Waals surface area contributed by atoms with E-state index in [-0.39, 0.29) is 24.0 Å². The van der Waals surface area contributed by atoms with E-state index in [4.69, 9.17) is 15.1 Å². The molecule has 1 rings (SSSR count). The van der Waals surface area contributed by atoms with E-state index >= 15 is 0 Å². The van der Waals surface area contributed by atoms with Crippen LogP contribution in [0, 0.1) is 11.3 Å². The smallest absolute Gasteiger partial charge is 0.313 e. The van der Waals surface area contributed by atoms with Gasteiger partial charge in [0.25, 0.3) is 0 Å². The Bertz CT molecular complexity index is 315. The second-order valence-electron chi connectivity index (χ2n) is 3.21. The number of carboxylic acids is 1. The van der Waals surface area contributed by atoms with Gasteiger partial charge in [0.05, 0.1) is 30.7 Å². The van der Waals surface area contributed by atoms with E-state index in [2.05, 4.69) is 0 Å². The fourth-order valence-electron chi connectivity index (χ4n) is 1.27. The van der Waals surface area contributed by atoms with Gasteiger partial charge in [0.1, 0.15) is 0 Å². The highest BCUT2D eigenvalue weighted by Gasteiger charge is 2.23. The van der Waals surface area contributed by atoms with Gasteiger partial charge < -0.3 is 14.7 Å². The van der Waals surface area contributed by atoms with E-state index in [1.54, 1.807) is 0 Å². The van der Waals surface area contributed by atoms with Crippen molar-refractivity contribution >= 4 is 23.6 Å². The van der Waals surface area contributed by atoms with Crippen LogP contribution in [0.4, 0.5) is 0 Å². The molecule has 0 saturated carbocycles. The molecule has 1 aliphatic heterocycles. The predicted octanol–water partition coefficient (Wildman–Crippen LogP) is -0.445. The third-order valence-electron chi connectivity index (χ3n) is 2.01. The van der Waals surface area contributed by atoms with Gasteiger partial charge in [-0.15, -0.1) is 11.8 Å². The average Bonchev–Trinajstić information content (AvgIpc) is 2.28. The van der Waals surface area contributed by atoms with Gasteiger partial charge in [-0.2, -0.15) is 5.26 Å². The minimum absolute atomic E-state index is 0.0856. The highest BCUT2D eigenvalue weighted by Crippen LogP contribution is 2.08. The highest BCUT2D eigenvalue weighted by molar-refractivity contribution is 8.00. The van der Waals surface area contributed by atoms with Crippen LogP contribution in [0.3, 0.4) is 0 Å². The number of aliphatic carboxylic acids is 1.